The van der Waals surface area contributed by atoms with Gasteiger partial charge in [-0.3, -0.25) is 0 Å². The molecule has 4 heteroatoms. The lowest BCUT2D eigenvalue weighted by Crippen LogP contribution is -2.11. The van der Waals surface area contributed by atoms with E-state index in [1.807, 2.05) is 20.0 Å². The number of rotatable bonds is 6. The van der Waals surface area contributed by atoms with E-state index >= 15 is 0 Å². The Hall–Kier alpha value is -2.10. The lowest BCUT2D eigenvalue weighted by Gasteiger charge is -2.11. The number of aromatic nitrogens is 2. The molecule has 1 aromatic carbocycles. The molecule has 1 aromatic heterocycles. The molecular weight excluding hydrogens is 248 g/mol. The SMILES string of the molecule is CCNc1ncc(C)c(NCCc2ccccc2C)n1. The molecular formula is C16H22N4. The fourth-order valence-electron chi connectivity index (χ4n) is 2.07. The summed E-state index contributed by atoms with van der Waals surface area (Å²) >= 11 is 0. The number of nitrogens with one attached hydrogen (secondary N) is 2. The van der Waals surface area contributed by atoms with Crippen molar-refractivity contribution in [1.82, 2.24) is 9.97 Å². The molecule has 0 aliphatic heterocycles. The van der Waals surface area contributed by atoms with E-state index in [9.17, 15) is 0 Å². The summed E-state index contributed by atoms with van der Waals surface area (Å²) in [7, 11) is 0. The number of hydrogen-bond acceptors (Lipinski definition) is 4. The second-order valence-electron chi connectivity index (χ2n) is 4.86. The van der Waals surface area contributed by atoms with Crippen LogP contribution in [0.1, 0.15) is 23.6 Å². The summed E-state index contributed by atoms with van der Waals surface area (Å²) in [5.41, 5.74) is 3.78. The summed E-state index contributed by atoms with van der Waals surface area (Å²) in [5, 5.41) is 6.53. The topological polar surface area (TPSA) is 49.8 Å². The fourth-order valence-corrected chi connectivity index (χ4v) is 2.07. The highest BCUT2D eigenvalue weighted by Gasteiger charge is 2.03. The van der Waals surface area contributed by atoms with Crippen LogP contribution in [0.2, 0.25) is 0 Å². The Kier molecular flexibility index (Phi) is 4.93. The second kappa shape index (κ2) is 6.89. The van der Waals surface area contributed by atoms with Gasteiger partial charge in [-0.1, -0.05) is 24.3 Å². The molecule has 0 unspecified atom stereocenters. The Labute approximate surface area is 120 Å². The molecule has 0 saturated heterocycles. The summed E-state index contributed by atoms with van der Waals surface area (Å²) in [6.07, 6.45) is 2.84. The quantitative estimate of drug-likeness (QED) is 0.846. The smallest absolute Gasteiger partial charge is 0.224 e. The Bertz CT molecular complexity index is 566. The van der Waals surface area contributed by atoms with Crippen LogP contribution in [0.3, 0.4) is 0 Å². The zero-order chi connectivity index (χ0) is 14.4. The van der Waals surface area contributed by atoms with Crippen LogP contribution in [-0.2, 0) is 6.42 Å². The summed E-state index contributed by atoms with van der Waals surface area (Å²) in [6, 6.07) is 8.48. The van der Waals surface area contributed by atoms with Crippen LogP contribution in [-0.4, -0.2) is 23.1 Å². The van der Waals surface area contributed by atoms with E-state index in [1.165, 1.54) is 11.1 Å². The van der Waals surface area contributed by atoms with Crippen molar-refractivity contribution in [3.8, 4) is 0 Å². The molecule has 0 atom stereocenters. The number of hydrogen-bond donors (Lipinski definition) is 2. The van der Waals surface area contributed by atoms with Gasteiger partial charge in [0, 0.05) is 24.8 Å². The lowest BCUT2D eigenvalue weighted by atomic mass is 10.1. The minimum absolute atomic E-state index is 0.677. The third kappa shape index (κ3) is 3.70. The molecule has 20 heavy (non-hydrogen) atoms. The number of anilines is 2. The van der Waals surface area contributed by atoms with Crippen molar-refractivity contribution in [3.05, 3.63) is 47.2 Å². The first-order valence-electron chi connectivity index (χ1n) is 7.06. The van der Waals surface area contributed by atoms with Crippen molar-refractivity contribution < 1.29 is 0 Å². The maximum Gasteiger partial charge on any atom is 0.224 e. The lowest BCUT2D eigenvalue weighted by molar-refractivity contribution is 0.977. The molecule has 2 aromatic rings. The number of benzene rings is 1. The number of nitrogens with zero attached hydrogens (tertiary/aromatic N) is 2. The molecule has 0 amide bonds. The molecule has 1 heterocycles. The van der Waals surface area contributed by atoms with Crippen LogP contribution < -0.4 is 10.6 Å². The maximum atomic E-state index is 4.48. The van der Waals surface area contributed by atoms with E-state index < -0.39 is 0 Å². The first kappa shape index (κ1) is 14.3. The monoisotopic (exact) mass is 270 g/mol. The summed E-state index contributed by atoms with van der Waals surface area (Å²) < 4.78 is 0. The minimum atomic E-state index is 0.677. The maximum absolute atomic E-state index is 4.48. The van der Waals surface area contributed by atoms with E-state index in [0.717, 1.165) is 30.9 Å². The van der Waals surface area contributed by atoms with Crippen LogP contribution >= 0.6 is 0 Å². The van der Waals surface area contributed by atoms with Gasteiger partial charge in [0.15, 0.2) is 0 Å². The average Bonchev–Trinajstić information content (AvgIpc) is 2.44. The van der Waals surface area contributed by atoms with Gasteiger partial charge >= 0.3 is 0 Å². The van der Waals surface area contributed by atoms with Gasteiger partial charge in [0.05, 0.1) is 0 Å². The normalized spacial score (nSPS) is 10.3. The first-order valence-corrected chi connectivity index (χ1v) is 7.06. The van der Waals surface area contributed by atoms with Crippen molar-refractivity contribution in [3.63, 3.8) is 0 Å². The Balaban J connectivity index is 1.97. The van der Waals surface area contributed by atoms with Gasteiger partial charge in [-0.05, 0) is 38.3 Å². The van der Waals surface area contributed by atoms with E-state index in [0.29, 0.717) is 5.95 Å². The zero-order valence-corrected chi connectivity index (χ0v) is 12.4. The van der Waals surface area contributed by atoms with Crippen LogP contribution in [0.4, 0.5) is 11.8 Å². The summed E-state index contributed by atoms with van der Waals surface area (Å²) in [6.45, 7) is 7.90. The Morgan fingerprint density at radius 1 is 1.05 bits per heavy atom. The van der Waals surface area contributed by atoms with Gasteiger partial charge < -0.3 is 10.6 Å². The van der Waals surface area contributed by atoms with E-state index in [-0.39, 0.29) is 0 Å². The molecule has 0 aliphatic carbocycles. The van der Waals surface area contributed by atoms with Gasteiger partial charge in [-0.25, -0.2) is 4.98 Å². The Morgan fingerprint density at radius 2 is 1.85 bits per heavy atom. The van der Waals surface area contributed by atoms with Crippen molar-refractivity contribution in [2.24, 2.45) is 0 Å². The molecule has 4 nitrogen and oxygen atoms in total. The van der Waals surface area contributed by atoms with E-state index in [1.54, 1.807) is 0 Å². The van der Waals surface area contributed by atoms with Crippen molar-refractivity contribution >= 4 is 11.8 Å². The highest BCUT2D eigenvalue weighted by molar-refractivity contribution is 5.46. The molecule has 0 bridgehead atoms. The molecule has 0 fully saturated rings. The highest BCUT2D eigenvalue weighted by atomic mass is 15.1. The van der Waals surface area contributed by atoms with E-state index in [4.69, 9.17) is 0 Å². The van der Waals surface area contributed by atoms with E-state index in [2.05, 4.69) is 51.8 Å². The average molecular weight is 270 g/mol. The molecule has 0 radical (unpaired) electrons. The van der Waals surface area contributed by atoms with Gasteiger partial charge in [0.1, 0.15) is 5.82 Å². The van der Waals surface area contributed by atoms with Gasteiger partial charge in [-0.15, -0.1) is 0 Å². The predicted molar refractivity (Wildman–Crippen MR) is 84.3 cm³/mol. The third-order valence-corrected chi connectivity index (χ3v) is 3.25. The van der Waals surface area contributed by atoms with Crippen molar-refractivity contribution in [2.75, 3.05) is 23.7 Å². The first-order chi connectivity index (χ1) is 9.70. The van der Waals surface area contributed by atoms with Crippen LogP contribution in [0.15, 0.2) is 30.5 Å². The Morgan fingerprint density at radius 3 is 2.60 bits per heavy atom. The largest absolute Gasteiger partial charge is 0.369 e. The van der Waals surface area contributed by atoms with Crippen molar-refractivity contribution in [2.45, 2.75) is 27.2 Å². The summed E-state index contributed by atoms with van der Waals surface area (Å²) in [4.78, 5) is 8.73. The van der Waals surface area contributed by atoms with Gasteiger partial charge in [0.2, 0.25) is 5.95 Å². The van der Waals surface area contributed by atoms with Crippen LogP contribution in [0.5, 0.6) is 0 Å². The predicted octanol–water partition coefficient (Wildman–Crippen LogP) is 3.18. The molecule has 2 N–H and O–H groups in total. The number of aryl methyl sites for hydroxylation is 2. The van der Waals surface area contributed by atoms with Crippen molar-refractivity contribution in [1.29, 1.82) is 0 Å². The van der Waals surface area contributed by atoms with Crippen LogP contribution in [0.25, 0.3) is 0 Å². The van der Waals surface area contributed by atoms with Gasteiger partial charge in [-0.2, -0.15) is 4.98 Å². The van der Waals surface area contributed by atoms with Gasteiger partial charge in [0.25, 0.3) is 0 Å². The molecule has 106 valence electrons. The standard InChI is InChI=1S/C16H22N4/c1-4-17-16-19-11-13(3)15(20-16)18-10-9-14-8-6-5-7-12(14)2/h5-8,11H,4,9-10H2,1-3H3,(H2,17,18,19,20). The molecule has 0 aliphatic rings. The third-order valence-electron chi connectivity index (χ3n) is 3.25. The summed E-state index contributed by atoms with van der Waals surface area (Å²) in [5.74, 6) is 1.58. The fraction of sp³-hybridized carbons (Fsp3) is 0.375. The second-order valence-corrected chi connectivity index (χ2v) is 4.86. The molecule has 0 spiro atoms. The molecule has 0 saturated carbocycles. The zero-order valence-electron chi connectivity index (χ0n) is 12.4. The minimum Gasteiger partial charge on any atom is -0.369 e. The van der Waals surface area contributed by atoms with Crippen LogP contribution in [0, 0.1) is 13.8 Å². The highest BCUT2D eigenvalue weighted by Crippen LogP contribution is 2.13. The molecule has 2 rings (SSSR count).